The summed E-state index contributed by atoms with van der Waals surface area (Å²) in [6, 6.07) is 6.64. The molecule has 0 heterocycles. The molecule has 1 fully saturated rings. The number of benzene rings is 1. The SMILES string of the molecule is CCCNC(CC1CCC1)c1cccc(Br)c1Cl. The summed E-state index contributed by atoms with van der Waals surface area (Å²) in [6.07, 6.45) is 6.55. The van der Waals surface area contributed by atoms with Gasteiger partial charge in [0.25, 0.3) is 0 Å². The highest BCUT2D eigenvalue weighted by atomic mass is 79.9. The highest BCUT2D eigenvalue weighted by Crippen LogP contribution is 2.38. The molecule has 0 aliphatic heterocycles. The smallest absolute Gasteiger partial charge is 0.0595 e. The number of halogens is 2. The van der Waals surface area contributed by atoms with E-state index < -0.39 is 0 Å². The van der Waals surface area contributed by atoms with Crippen LogP contribution in [-0.2, 0) is 0 Å². The van der Waals surface area contributed by atoms with Crippen LogP contribution < -0.4 is 5.32 Å². The van der Waals surface area contributed by atoms with Crippen molar-refractivity contribution in [2.24, 2.45) is 5.92 Å². The van der Waals surface area contributed by atoms with E-state index >= 15 is 0 Å². The van der Waals surface area contributed by atoms with E-state index in [-0.39, 0.29) is 0 Å². The molecule has 1 atom stereocenters. The van der Waals surface area contributed by atoms with E-state index in [2.05, 4.69) is 40.3 Å². The maximum Gasteiger partial charge on any atom is 0.0595 e. The summed E-state index contributed by atoms with van der Waals surface area (Å²) in [4.78, 5) is 0. The first-order chi connectivity index (χ1) is 8.72. The van der Waals surface area contributed by atoms with Crippen LogP contribution in [0.3, 0.4) is 0 Å². The fourth-order valence-corrected chi connectivity index (χ4v) is 3.13. The van der Waals surface area contributed by atoms with Gasteiger partial charge in [-0.15, -0.1) is 0 Å². The summed E-state index contributed by atoms with van der Waals surface area (Å²) < 4.78 is 0.999. The summed E-state index contributed by atoms with van der Waals surface area (Å²) in [5.41, 5.74) is 1.24. The number of nitrogens with one attached hydrogen (secondary N) is 1. The van der Waals surface area contributed by atoms with Gasteiger partial charge >= 0.3 is 0 Å². The molecule has 0 aromatic heterocycles. The van der Waals surface area contributed by atoms with E-state index in [9.17, 15) is 0 Å². The van der Waals surface area contributed by atoms with Crippen molar-refractivity contribution in [2.45, 2.75) is 45.1 Å². The lowest BCUT2D eigenvalue weighted by atomic mass is 9.79. The quantitative estimate of drug-likeness (QED) is 0.743. The van der Waals surface area contributed by atoms with Gasteiger partial charge in [-0.1, -0.05) is 49.9 Å². The van der Waals surface area contributed by atoms with Crippen molar-refractivity contribution in [3.8, 4) is 0 Å². The summed E-state index contributed by atoms with van der Waals surface area (Å²) in [5, 5.41) is 4.51. The van der Waals surface area contributed by atoms with Crippen LogP contribution in [0.2, 0.25) is 5.02 Å². The molecular weight excluding hydrogens is 310 g/mol. The molecule has 1 aromatic rings. The van der Waals surface area contributed by atoms with E-state index in [4.69, 9.17) is 11.6 Å². The first-order valence-electron chi connectivity index (χ1n) is 6.89. The second-order valence-electron chi connectivity index (χ2n) is 5.18. The van der Waals surface area contributed by atoms with Crippen LogP contribution in [0, 0.1) is 5.92 Å². The van der Waals surface area contributed by atoms with E-state index in [1.165, 1.54) is 31.2 Å². The predicted molar refractivity (Wildman–Crippen MR) is 82.1 cm³/mol. The molecule has 1 aliphatic rings. The number of hydrogen-bond donors (Lipinski definition) is 1. The van der Waals surface area contributed by atoms with Gasteiger partial charge in [-0.25, -0.2) is 0 Å². The first-order valence-corrected chi connectivity index (χ1v) is 8.06. The molecule has 1 aromatic carbocycles. The van der Waals surface area contributed by atoms with Gasteiger partial charge in [0, 0.05) is 10.5 Å². The minimum atomic E-state index is 0.403. The molecule has 0 radical (unpaired) electrons. The van der Waals surface area contributed by atoms with Crippen molar-refractivity contribution in [2.75, 3.05) is 6.54 Å². The van der Waals surface area contributed by atoms with Crippen LogP contribution in [0.15, 0.2) is 22.7 Å². The average molecular weight is 331 g/mol. The lowest BCUT2D eigenvalue weighted by Gasteiger charge is -2.31. The Morgan fingerprint density at radius 3 is 2.83 bits per heavy atom. The van der Waals surface area contributed by atoms with Crippen molar-refractivity contribution >= 4 is 27.5 Å². The Bertz CT molecular complexity index is 390. The van der Waals surface area contributed by atoms with Gasteiger partial charge in [0.15, 0.2) is 0 Å². The van der Waals surface area contributed by atoms with Crippen LogP contribution >= 0.6 is 27.5 Å². The predicted octanol–water partition coefficient (Wildman–Crippen LogP) is 5.33. The Hall–Kier alpha value is -0.0500. The molecule has 0 bridgehead atoms. The van der Waals surface area contributed by atoms with Gasteiger partial charge in [-0.3, -0.25) is 0 Å². The van der Waals surface area contributed by atoms with Crippen molar-refractivity contribution in [3.63, 3.8) is 0 Å². The Kier molecular flexibility index (Phi) is 5.53. The minimum Gasteiger partial charge on any atom is -0.310 e. The van der Waals surface area contributed by atoms with Crippen LogP contribution in [0.1, 0.15) is 50.6 Å². The van der Waals surface area contributed by atoms with Gasteiger partial charge in [0.05, 0.1) is 5.02 Å². The topological polar surface area (TPSA) is 12.0 Å². The van der Waals surface area contributed by atoms with Gasteiger partial charge in [-0.05, 0) is 52.9 Å². The van der Waals surface area contributed by atoms with Gasteiger partial charge in [0.2, 0.25) is 0 Å². The van der Waals surface area contributed by atoms with Crippen molar-refractivity contribution in [1.82, 2.24) is 5.32 Å². The second kappa shape index (κ2) is 6.93. The Labute approximate surface area is 123 Å². The molecular formula is C15H21BrClN. The van der Waals surface area contributed by atoms with Crippen LogP contribution in [-0.4, -0.2) is 6.54 Å². The summed E-state index contributed by atoms with van der Waals surface area (Å²) in [5.74, 6) is 0.884. The summed E-state index contributed by atoms with van der Waals surface area (Å²) >= 11 is 9.94. The maximum atomic E-state index is 6.42. The van der Waals surface area contributed by atoms with Crippen molar-refractivity contribution < 1.29 is 0 Å². The average Bonchev–Trinajstić information content (AvgIpc) is 2.31. The third-order valence-electron chi connectivity index (χ3n) is 3.79. The molecule has 100 valence electrons. The lowest BCUT2D eigenvalue weighted by Crippen LogP contribution is -2.27. The van der Waals surface area contributed by atoms with Crippen LogP contribution in [0.4, 0.5) is 0 Å². The fourth-order valence-electron chi connectivity index (χ4n) is 2.49. The largest absolute Gasteiger partial charge is 0.310 e. The molecule has 1 unspecified atom stereocenters. The van der Waals surface area contributed by atoms with Crippen LogP contribution in [0.5, 0.6) is 0 Å². The Morgan fingerprint density at radius 2 is 2.22 bits per heavy atom. The molecule has 2 rings (SSSR count). The molecule has 3 heteroatoms. The van der Waals surface area contributed by atoms with E-state index in [1.807, 2.05) is 6.07 Å². The maximum absolute atomic E-state index is 6.42. The zero-order valence-electron chi connectivity index (χ0n) is 10.9. The fraction of sp³-hybridized carbons (Fsp3) is 0.600. The Balaban J connectivity index is 2.12. The number of hydrogen-bond acceptors (Lipinski definition) is 1. The third kappa shape index (κ3) is 3.49. The summed E-state index contributed by atoms with van der Waals surface area (Å²) in [7, 11) is 0. The molecule has 0 amide bonds. The zero-order chi connectivity index (χ0) is 13.0. The van der Waals surface area contributed by atoms with Crippen LogP contribution in [0.25, 0.3) is 0 Å². The normalized spacial score (nSPS) is 17.5. The van der Waals surface area contributed by atoms with E-state index in [0.29, 0.717) is 6.04 Å². The monoisotopic (exact) mass is 329 g/mol. The van der Waals surface area contributed by atoms with Gasteiger partial charge in [0.1, 0.15) is 0 Å². The number of rotatable bonds is 6. The van der Waals surface area contributed by atoms with Gasteiger partial charge < -0.3 is 5.32 Å². The highest BCUT2D eigenvalue weighted by Gasteiger charge is 2.24. The molecule has 0 saturated heterocycles. The molecule has 0 spiro atoms. The second-order valence-corrected chi connectivity index (χ2v) is 6.41. The van der Waals surface area contributed by atoms with Crippen molar-refractivity contribution in [1.29, 1.82) is 0 Å². The minimum absolute atomic E-state index is 0.403. The molecule has 1 nitrogen and oxygen atoms in total. The molecule has 1 N–H and O–H groups in total. The first kappa shape index (κ1) is 14.4. The lowest BCUT2D eigenvalue weighted by molar-refractivity contribution is 0.261. The van der Waals surface area contributed by atoms with E-state index in [1.54, 1.807) is 0 Å². The molecule has 1 saturated carbocycles. The molecule has 18 heavy (non-hydrogen) atoms. The standard InChI is InChI=1S/C15H21BrClN/c1-2-9-18-14(10-11-5-3-6-11)12-7-4-8-13(16)15(12)17/h4,7-8,11,14,18H,2-3,5-6,9-10H2,1H3. The summed E-state index contributed by atoms with van der Waals surface area (Å²) in [6.45, 7) is 3.26. The van der Waals surface area contributed by atoms with E-state index in [0.717, 1.165) is 28.4 Å². The molecule has 1 aliphatic carbocycles. The Morgan fingerprint density at radius 1 is 1.44 bits per heavy atom. The van der Waals surface area contributed by atoms with Gasteiger partial charge in [-0.2, -0.15) is 0 Å². The van der Waals surface area contributed by atoms with Crippen molar-refractivity contribution in [3.05, 3.63) is 33.3 Å². The zero-order valence-corrected chi connectivity index (χ0v) is 13.2. The highest BCUT2D eigenvalue weighted by molar-refractivity contribution is 9.10. The third-order valence-corrected chi connectivity index (χ3v) is 5.10.